The van der Waals surface area contributed by atoms with Crippen LogP contribution in [0, 0.1) is 5.82 Å². The molecular formula is C16H16ClFN2O. The standard InChI is InChI=1S/C16H16ClFN2O/c1-2-16(21)20-13-6-4-12(5-7-13)19-10-11-3-8-14(17)15(18)9-11/h3-9,19H,2,10H2,1H3,(H,20,21). The molecule has 5 heteroatoms. The molecular weight excluding hydrogens is 291 g/mol. The fourth-order valence-electron chi connectivity index (χ4n) is 1.77. The van der Waals surface area contributed by atoms with Crippen molar-refractivity contribution in [3.63, 3.8) is 0 Å². The van der Waals surface area contributed by atoms with Gasteiger partial charge in [0.05, 0.1) is 5.02 Å². The molecule has 0 heterocycles. The fourth-order valence-corrected chi connectivity index (χ4v) is 1.89. The quantitative estimate of drug-likeness (QED) is 0.857. The van der Waals surface area contributed by atoms with Crippen LogP contribution in [0.15, 0.2) is 42.5 Å². The Labute approximate surface area is 128 Å². The van der Waals surface area contributed by atoms with Crippen LogP contribution in [0.4, 0.5) is 15.8 Å². The summed E-state index contributed by atoms with van der Waals surface area (Å²) in [6.45, 7) is 2.30. The molecule has 0 spiro atoms. The lowest BCUT2D eigenvalue weighted by Gasteiger charge is -2.09. The Balaban J connectivity index is 1.94. The van der Waals surface area contributed by atoms with Crippen LogP contribution >= 0.6 is 11.6 Å². The van der Waals surface area contributed by atoms with Gasteiger partial charge in [-0.15, -0.1) is 0 Å². The van der Waals surface area contributed by atoms with Gasteiger partial charge >= 0.3 is 0 Å². The third-order valence-corrected chi connectivity index (χ3v) is 3.28. The lowest BCUT2D eigenvalue weighted by atomic mass is 10.2. The average Bonchev–Trinajstić information content (AvgIpc) is 2.50. The van der Waals surface area contributed by atoms with Crippen molar-refractivity contribution in [3.8, 4) is 0 Å². The van der Waals surface area contributed by atoms with E-state index in [-0.39, 0.29) is 10.9 Å². The number of halogens is 2. The third-order valence-electron chi connectivity index (χ3n) is 2.97. The first kappa shape index (κ1) is 15.3. The van der Waals surface area contributed by atoms with Crippen molar-refractivity contribution in [2.45, 2.75) is 19.9 Å². The lowest BCUT2D eigenvalue weighted by molar-refractivity contribution is -0.115. The van der Waals surface area contributed by atoms with Gasteiger partial charge in [0.2, 0.25) is 5.91 Å². The highest BCUT2D eigenvalue weighted by Crippen LogP contribution is 2.18. The van der Waals surface area contributed by atoms with E-state index in [4.69, 9.17) is 11.6 Å². The van der Waals surface area contributed by atoms with Crippen LogP contribution in [0.1, 0.15) is 18.9 Å². The number of benzene rings is 2. The minimum Gasteiger partial charge on any atom is -0.381 e. The Bertz CT molecular complexity index is 629. The van der Waals surface area contributed by atoms with Gasteiger partial charge in [-0.05, 0) is 42.0 Å². The number of rotatable bonds is 5. The second-order valence-corrected chi connectivity index (χ2v) is 4.99. The van der Waals surface area contributed by atoms with Gasteiger partial charge in [0, 0.05) is 24.3 Å². The summed E-state index contributed by atoms with van der Waals surface area (Å²) in [5.41, 5.74) is 2.45. The number of carbonyl (C=O) groups excluding carboxylic acids is 1. The average molecular weight is 307 g/mol. The first-order chi connectivity index (χ1) is 10.1. The molecule has 0 unspecified atom stereocenters. The smallest absolute Gasteiger partial charge is 0.224 e. The maximum atomic E-state index is 13.3. The zero-order valence-electron chi connectivity index (χ0n) is 11.6. The summed E-state index contributed by atoms with van der Waals surface area (Å²) in [6, 6.07) is 12.1. The van der Waals surface area contributed by atoms with Gasteiger partial charge in [-0.25, -0.2) is 4.39 Å². The summed E-state index contributed by atoms with van der Waals surface area (Å²) >= 11 is 5.64. The largest absolute Gasteiger partial charge is 0.381 e. The zero-order chi connectivity index (χ0) is 15.2. The highest BCUT2D eigenvalue weighted by atomic mass is 35.5. The van der Waals surface area contributed by atoms with Crippen LogP contribution in [-0.2, 0) is 11.3 Å². The van der Waals surface area contributed by atoms with Crippen LogP contribution in [0.2, 0.25) is 5.02 Å². The van der Waals surface area contributed by atoms with Crippen molar-refractivity contribution in [3.05, 3.63) is 58.9 Å². The van der Waals surface area contributed by atoms with E-state index in [9.17, 15) is 9.18 Å². The Morgan fingerprint density at radius 3 is 2.43 bits per heavy atom. The highest BCUT2D eigenvalue weighted by Gasteiger charge is 2.02. The van der Waals surface area contributed by atoms with Gasteiger partial charge < -0.3 is 10.6 Å². The summed E-state index contributed by atoms with van der Waals surface area (Å²) in [7, 11) is 0. The molecule has 0 radical (unpaired) electrons. The first-order valence-electron chi connectivity index (χ1n) is 6.66. The van der Waals surface area contributed by atoms with E-state index in [1.54, 1.807) is 13.0 Å². The van der Waals surface area contributed by atoms with Crippen molar-refractivity contribution < 1.29 is 9.18 Å². The minimum absolute atomic E-state index is 0.0210. The lowest BCUT2D eigenvalue weighted by Crippen LogP contribution is -2.09. The summed E-state index contributed by atoms with van der Waals surface area (Å²) < 4.78 is 13.3. The fraction of sp³-hybridized carbons (Fsp3) is 0.188. The number of nitrogens with one attached hydrogen (secondary N) is 2. The van der Waals surface area contributed by atoms with Gasteiger partial charge in [0.15, 0.2) is 0 Å². The normalized spacial score (nSPS) is 10.2. The Hall–Kier alpha value is -2.07. The maximum absolute atomic E-state index is 13.3. The van der Waals surface area contributed by atoms with Gasteiger partial charge in [0.25, 0.3) is 0 Å². The van der Waals surface area contributed by atoms with Crippen LogP contribution in [0.5, 0.6) is 0 Å². The molecule has 2 aromatic rings. The highest BCUT2D eigenvalue weighted by molar-refractivity contribution is 6.30. The number of hydrogen-bond donors (Lipinski definition) is 2. The molecule has 0 aromatic heterocycles. The van der Waals surface area contributed by atoms with Gasteiger partial charge in [-0.3, -0.25) is 4.79 Å². The number of hydrogen-bond acceptors (Lipinski definition) is 2. The first-order valence-corrected chi connectivity index (χ1v) is 7.04. The van der Waals surface area contributed by atoms with Crippen molar-refractivity contribution in [1.82, 2.24) is 0 Å². The van der Waals surface area contributed by atoms with E-state index in [1.807, 2.05) is 24.3 Å². The third kappa shape index (κ3) is 4.46. The molecule has 0 aliphatic rings. The summed E-state index contributed by atoms with van der Waals surface area (Å²) in [6.07, 6.45) is 0.447. The van der Waals surface area contributed by atoms with Crippen molar-refractivity contribution in [2.75, 3.05) is 10.6 Å². The van der Waals surface area contributed by atoms with Crippen LogP contribution in [0.3, 0.4) is 0 Å². The number of carbonyl (C=O) groups is 1. The molecule has 0 bridgehead atoms. The van der Waals surface area contributed by atoms with E-state index in [1.165, 1.54) is 12.1 Å². The predicted octanol–water partition coefficient (Wildman–Crippen LogP) is 4.44. The topological polar surface area (TPSA) is 41.1 Å². The van der Waals surface area contributed by atoms with Crippen LogP contribution in [0.25, 0.3) is 0 Å². The number of amides is 1. The molecule has 2 rings (SSSR count). The molecule has 0 atom stereocenters. The molecule has 0 aliphatic carbocycles. The monoisotopic (exact) mass is 306 g/mol. The van der Waals surface area contributed by atoms with Crippen LogP contribution in [-0.4, -0.2) is 5.91 Å². The Kier molecular flexibility index (Phi) is 5.17. The molecule has 0 fully saturated rings. The second kappa shape index (κ2) is 7.09. The molecule has 2 N–H and O–H groups in total. The molecule has 0 saturated heterocycles. The summed E-state index contributed by atoms with van der Waals surface area (Å²) in [5, 5.41) is 6.08. The molecule has 1 amide bonds. The van der Waals surface area contributed by atoms with Crippen molar-refractivity contribution in [2.24, 2.45) is 0 Å². The summed E-state index contributed by atoms with van der Waals surface area (Å²) in [5.74, 6) is -0.444. The van der Waals surface area contributed by atoms with E-state index in [2.05, 4.69) is 10.6 Å². The van der Waals surface area contributed by atoms with E-state index in [0.717, 1.165) is 16.9 Å². The molecule has 21 heavy (non-hydrogen) atoms. The second-order valence-electron chi connectivity index (χ2n) is 4.58. The zero-order valence-corrected chi connectivity index (χ0v) is 12.4. The van der Waals surface area contributed by atoms with E-state index in [0.29, 0.717) is 13.0 Å². The molecule has 3 nitrogen and oxygen atoms in total. The molecule has 110 valence electrons. The van der Waals surface area contributed by atoms with Crippen LogP contribution < -0.4 is 10.6 Å². The SMILES string of the molecule is CCC(=O)Nc1ccc(NCc2ccc(Cl)c(F)c2)cc1. The molecule has 0 aliphatic heterocycles. The van der Waals surface area contributed by atoms with Gasteiger partial charge in [-0.1, -0.05) is 24.6 Å². The van der Waals surface area contributed by atoms with E-state index >= 15 is 0 Å². The number of anilines is 2. The van der Waals surface area contributed by atoms with Gasteiger partial charge in [0.1, 0.15) is 5.82 Å². The van der Waals surface area contributed by atoms with Gasteiger partial charge in [-0.2, -0.15) is 0 Å². The molecule has 0 saturated carbocycles. The Morgan fingerprint density at radius 2 is 1.81 bits per heavy atom. The maximum Gasteiger partial charge on any atom is 0.224 e. The minimum atomic E-state index is -0.423. The Morgan fingerprint density at radius 1 is 1.14 bits per heavy atom. The predicted molar refractivity (Wildman–Crippen MR) is 84.1 cm³/mol. The summed E-state index contributed by atoms with van der Waals surface area (Å²) in [4.78, 5) is 11.3. The van der Waals surface area contributed by atoms with Crippen molar-refractivity contribution in [1.29, 1.82) is 0 Å². The van der Waals surface area contributed by atoms with E-state index < -0.39 is 5.82 Å². The van der Waals surface area contributed by atoms with Crippen molar-refractivity contribution >= 4 is 28.9 Å². The molecule has 2 aromatic carbocycles.